The highest BCUT2D eigenvalue weighted by molar-refractivity contribution is 6.29. The molecule has 0 aliphatic carbocycles. The van der Waals surface area contributed by atoms with Crippen molar-refractivity contribution in [3.05, 3.63) is 41.1 Å². The molecule has 3 rings (SSSR count). The van der Waals surface area contributed by atoms with Gasteiger partial charge in [-0.15, -0.1) is 0 Å². The second-order valence-corrected chi connectivity index (χ2v) is 5.98. The molecule has 0 atom stereocenters. The van der Waals surface area contributed by atoms with E-state index in [9.17, 15) is 4.79 Å². The Morgan fingerprint density at radius 1 is 1.25 bits per heavy atom. The lowest BCUT2D eigenvalue weighted by atomic mass is 10.3. The van der Waals surface area contributed by atoms with Crippen LogP contribution in [0.4, 0.5) is 0 Å². The highest BCUT2D eigenvalue weighted by Crippen LogP contribution is 2.16. The normalized spacial score (nSPS) is 16.0. The van der Waals surface area contributed by atoms with Crippen molar-refractivity contribution in [2.24, 2.45) is 0 Å². The SMILES string of the molecule is COc1ncc(CN2CCCN(C(=O)c3ccc(Cl)o3)CC2)cn1. The fourth-order valence-electron chi connectivity index (χ4n) is 2.71. The number of halogens is 1. The Bertz CT molecular complexity index is 689. The summed E-state index contributed by atoms with van der Waals surface area (Å²) in [5.41, 5.74) is 1.02. The number of rotatable bonds is 4. The molecule has 0 N–H and O–H groups in total. The maximum absolute atomic E-state index is 12.4. The number of ether oxygens (including phenoxy) is 1. The van der Waals surface area contributed by atoms with Crippen LogP contribution < -0.4 is 4.74 Å². The first kappa shape index (κ1) is 16.7. The molecule has 1 aliphatic heterocycles. The molecule has 1 saturated heterocycles. The van der Waals surface area contributed by atoms with Gasteiger partial charge in [-0.25, -0.2) is 9.97 Å². The molecule has 0 spiro atoms. The third kappa shape index (κ3) is 4.04. The number of methoxy groups -OCH3 is 1. The average molecular weight is 351 g/mol. The fraction of sp³-hybridized carbons (Fsp3) is 0.438. The largest absolute Gasteiger partial charge is 0.467 e. The first-order chi connectivity index (χ1) is 11.7. The van der Waals surface area contributed by atoms with Gasteiger partial charge in [0, 0.05) is 50.7 Å². The van der Waals surface area contributed by atoms with Crippen LogP contribution in [0.3, 0.4) is 0 Å². The summed E-state index contributed by atoms with van der Waals surface area (Å²) in [6, 6.07) is 3.56. The third-order valence-electron chi connectivity index (χ3n) is 3.93. The molecule has 0 radical (unpaired) electrons. The molecule has 1 amide bonds. The van der Waals surface area contributed by atoms with Crippen LogP contribution in [0.15, 0.2) is 28.9 Å². The van der Waals surface area contributed by atoms with E-state index in [1.54, 1.807) is 36.5 Å². The van der Waals surface area contributed by atoms with Gasteiger partial charge in [-0.2, -0.15) is 0 Å². The summed E-state index contributed by atoms with van der Waals surface area (Å²) in [4.78, 5) is 24.8. The molecule has 0 saturated carbocycles. The van der Waals surface area contributed by atoms with E-state index in [1.807, 2.05) is 0 Å². The van der Waals surface area contributed by atoms with Crippen LogP contribution in [0.2, 0.25) is 5.22 Å². The zero-order valence-electron chi connectivity index (χ0n) is 13.4. The zero-order chi connectivity index (χ0) is 16.9. The van der Waals surface area contributed by atoms with Crippen LogP contribution in [-0.2, 0) is 6.54 Å². The van der Waals surface area contributed by atoms with Crippen LogP contribution in [0.25, 0.3) is 0 Å². The van der Waals surface area contributed by atoms with Gasteiger partial charge in [0.1, 0.15) is 0 Å². The molecular formula is C16H19ClN4O3. The van der Waals surface area contributed by atoms with Crippen LogP contribution in [0.5, 0.6) is 6.01 Å². The Hall–Kier alpha value is -2.12. The van der Waals surface area contributed by atoms with Gasteiger partial charge < -0.3 is 14.1 Å². The minimum Gasteiger partial charge on any atom is -0.467 e. The molecule has 2 aromatic rings. The number of amides is 1. The van der Waals surface area contributed by atoms with Gasteiger partial charge in [-0.1, -0.05) is 0 Å². The number of nitrogens with zero attached hydrogens (tertiary/aromatic N) is 4. The summed E-state index contributed by atoms with van der Waals surface area (Å²) < 4.78 is 10.2. The topological polar surface area (TPSA) is 71.7 Å². The van der Waals surface area contributed by atoms with E-state index in [2.05, 4.69) is 14.9 Å². The number of carbonyl (C=O) groups excluding carboxylic acids is 1. The molecule has 0 unspecified atom stereocenters. The Balaban J connectivity index is 1.57. The van der Waals surface area contributed by atoms with Gasteiger partial charge >= 0.3 is 6.01 Å². The second kappa shape index (κ2) is 7.63. The van der Waals surface area contributed by atoms with Gasteiger partial charge in [-0.3, -0.25) is 9.69 Å². The predicted molar refractivity (Wildman–Crippen MR) is 88.1 cm³/mol. The quantitative estimate of drug-likeness (QED) is 0.840. The summed E-state index contributed by atoms with van der Waals surface area (Å²) in [5, 5.41) is 0.231. The molecule has 128 valence electrons. The summed E-state index contributed by atoms with van der Waals surface area (Å²) in [6.45, 7) is 3.79. The molecule has 3 heterocycles. The van der Waals surface area contributed by atoms with Gasteiger partial charge in [0.2, 0.25) is 0 Å². The zero-order valence-corrected chi connectivity index (χ0v) is 14.2. The maximum atomic E-state index is 12.4. The molecule has 0 aromatic carbocycles. The Morgan fingerprint density at radius 3 is 2.71 bits per heavy atom. The van der Waals surface area contributed by atoms with Crippen molar-refractivity contribution in [2.45, 2.75) is 13.0 Å². The fourth-order valence-corrected chi connectivity index (χ4v) is 2.85. The van der Waals surface area contributed by atoms with E-state index in [0.29, 0.717) is 19.1 Å². The van der Waals surface area contributed by atoms with Gasteiger partial charge in [0.25, 0.3) is 5.91 Å². The lowest BCUT2D eigenvalue weighted by Gasteiger charge is -2.21. The average Bonchev–Trinajstić information content (AvgIpc) is 2.90. The van der Waals surface area contributed by atoms with Crippen LogP contribution in [0.1, 0.15) is 22.5 Å². The molecule has 7 nitrogen and oxygen atoms in total. The maximum Gasteiger partial charge on any atom is 0.316 e. The Labute approximate surface area is 145 Å². The minimum atomic E-state index is -0.114. The van der Waals surface area contributed by atoms with Crippen molar-refractivity contribution in [3.8, 4) is 6.01 Å². The molecule has 24 heavy (non-hydrogen) atoms. The van der Waals surface area contributed by atoms with Crippen molar-refractivity contribution < 1.29 is 13.9 Å². The number of hydrogen-bond donors (Lipinski definition) is 0. The van der Waals surface area contributed by atoms with E-state index < -0.39 is 0 Å². The summed E-state index contributed by atoms with van der Waals surface area (Å²) in [5.74, 6) is 0.175. The van der Waals surface area contributed by atoms with Gasteiger partial charge in [0.05, 0.1) is 7.11 Å². The highest BCUT2D eigenvalue weighted by atomic mass is 35.5. The van der Waals surface area contributed by atoms with E-state index in [4.69, 9.17) is 20.8 Å². The van der Waals surface area contributed by atoms with Crippen LogP contribution >= 0.6 is 11.6 Å². The first-order valence-corrected chi connectivity index (χ1v) is 8.15. The number of furan rings is 1. The smallest absolute Gasteiger partial charge is 0.316 e. The number of carbonyl (C=O) groups is 1. The van der Waals surface area contributed by atoms with Crippen LogP contribution in [-0.4, -0.2) is 59.0 Å². The van der Waals surface area contributed by atoms with Crippen molar-refractivity contribution in [3.63, 3.8) is 0 Å². The van der Waals surface area contributed by atoms with Gasteiger partial charge in [-0.05, 0) is 30.2 Å². The van der Waals surface area contributed by atoms with Crippen molar-refractivity contribution >= 4 is 17.5 Å². The Kier molecular flexibility index (Phi) is 5.32. The lowest BCUT2D eigenvalue weighted by Crippen LogP contribution is -2.34. The number of aromatic nitrogens is 2. The number of hydrogen-bond acceptors (Lipinski definition) is 6. The molecule has 1 aliphatic rings. The third-order valence-corrected chi connectivity index (χ3v) is 4.13. The van der Waals surface area contributed by atoms with E-state index >= 15 is 0 Å². The van der Waals surface area contributed by atoms with Gasteiger partial charge in [0.15, 0.2) is 11.0 Å². The van der Waals surface area contributed by atoms with Crippen molar-refractivity contribution in [1.29, 1.82) is 0 Å². The predicted octanol–water partition coefficient (Wildman–Crippen LogP) is 2.08. The summed E-state index contributed by atoms with van der Waals surface area (Å²) in [7, 11) is 1.54. The van der Waals surface area contributed by atoms with E-state index in [1.165, 1.54) is 0 Å². The molecule has 8 heteroatoms. The lowest BCUT2D eigenvalue weighted by molar-refractivity contribution is 0.0729. The first-order valence-electron chi connectivity index (χ1n) is 7.77. The highest BCUT2D eigenvalue weighted by Gasteiger charge is 2.22. The molecular weight excluding hydrogens is 332 g/mol. The summed E-state index contributed by atoms with van der Waals surface area (Å²) >= 11 is 5.74. The monoisotopic (exact) mass is 350 g/mol. The minimum absolute atomic E-state index is 0.114. The molecule has 2 aromatic heterocycles. The molecule has 0 bridgehead atoms. The summed E-state index contributed by atoms with van der Waals surface area (Å²) in [6.07, 6.45) is 4.44. The second-order valence-electron chi connectivity index (χ2n) is 5.60. The van der Waals surface area contributed by atoms with Crippen LogP contribution in [0, 0.1) is 0 Å². The molecule has 1 fully saturated rings. The van der Waals surface area contributed by atoms with Crippen molar-refractivity contribution in [2.75, 3.05) is 33.3 Å². The van der Waals surface area contributed by atoms with E-state index in [-0.39, 0.29) is 16.9 Å². The standard InChI is InChI=1S/C16H19ClN4O3/c1-23-16-18-9-12(10-19-16)11-20-5-2-6-21(8-7-20)15(22)13-3-4-14(17)24-13/h3-4,9-10H,2,5-8,11H2,1H3. The van der Waals surface area contributed by atoms with E-state index in [0.717, 1.165) is 31.6 Å². The Morgan fingerprint density at radius 2 is 2.04 bits per heavy atom. The van der Waals surface area contributed by atoms with Crippen molar-refractivity contribution in [1.82, 2.24) is 19.8 Å².